The smallest absolute Gasteiger partial charge is 0.128 e. The van der Waals surface area contributed by atoms with Crippen LogP contribution in [0.2, 0.25) is 0 Å². The molecule has 0 saturated heterocycles. The molecule has 0 spiro atoms. The number of nitrogens with zero attached hydrogens (tertiary/aromatic N) is 1. The van der Waals surface area contributed by atoms with E-state index in [9.17, 15) is 10.2 Å². The van der Waals surface area contributed by atoms with Crippen LogP contribution in [0.5, 0.6) is 5.75 Å². The van der Waals surface area contributed by atoms with Gasteiger partial charge in [-0.2, -0.15) is 0 Å². The zero-order valence-corrected chi connectivity index (χ0v) is 10.9. The molecule has 0 unspecified atom stereocenters. The van der Waals surface area contributed by atoms with Crippen molar-refractivity contribution < 1.29 is 14.9 Å². The Hall–Kier alpha value is -1.13. The van der Waals surface area contributed by atoms with Crippen LogP contribution in [0.25, 0.3) is 0 Å². The Morgan fingerprint density at radius 1 is 1.29 bits per heavy atom. The lowest BCUT2D eigenvalue weighted by molar-refractivity contribution is 0.0694. The fourth-order valence-electron chi connectivity index (χ4n) is 1.82. The number of rotatable bonds is 5. The highest BCUT2D eigenvalue weighted by Crippen LogP contribution is 2.28. The van der Waals surface area contributed by atoms with Crippen molar-refractivity contribution in [3.05, 3.63) is 23.0 Å². The molecular formula is C13H21NO3. The third-order valence-electron chi connectivity index (χ3n) is 3.11. The minimum atomic E-state index is -0.544. The first-order chi connectivity index (χ1) is 7.97. The summed E-state index contributed by atoms with van der Waals surface area (Å²) in [7, 11) is 1.64. The molecule has 1 aromatic heterocycles. The van der Waals surface area contributed by atoms with Gasteiger partial charge in [-0.25, -0.2) is 0 Å². The Kier molecular flexibility index (Phi) is 4.48. The predicted molar refractivity (Wildman–Crippen MR) is 66.2 cm³/mol. The number of aromatic nitrogens is 1. The maximum absolute atomic E-state index is 9.30. The average Bonchev–Trinajstić information content (AvgIpc) is 2.33. The van der Waals surface area contributed by atoms with Crippen molar-refractivity contribution in [1.82, 2.24) is 4.98 Å². The monoisotopic (exact) mass is 239 g/mol. The van der Waals surface area contributed by atoms with Crippen molar-refractivity contribution in [3.8, 4) is 5.75 Å². The highest BCUT2D eigenvalue weighted by atomic mass is 16.5. The molecule has 0 aliphatic carbocycles. The number of hydrogen-bond donors (Lipinski definition) is 2. The molecule has 1 aromatic rings. The second-order valence-corrected chi connectivity index (χ2v) is 4.85. The zero-order chi connectivity index (χ0) is 13.1. The van der Waals surface area contributed by atoms with Crippen molar-refractivity contribution in [2.75, 3.05) is 20.3 Å². The number of aliphatic hydroxyl groups is 2. The molecule has 0 aliphatic rings. The lowest BCUT2D eigenvalue weighted by Gasteiger charge is -2.25. The standard InChI is InChI=1S/C13H21NO3/c1-9-6-14-11(10(2)12(9)17-4)5-13(3,7-15)8-16/h6,15-16H,5,7-8H2,1-4H3. The molecule has 2 N–H and O–H groups in total. The van der Waals surface area contributed by atoms with Gasteiger partial charge in [0.25, 0.3) is 0 Å². The summed E-state index contributed by atoms with van der Waals surface area (Å²) in [6, 6.07) is 0. The Morgan fingerprint density at radius 3 is 2.35 bits per heavy atom. The molecule has 0 amide bonds. The number of pyridine rings is 1. The SMILES string of the molecule is COc1c(C)cnc(CC(C)(CO)CO)c1C. The largest absolute Gasteiger partial charge is 0.496 e. The molecule has 0 aromatic carbocycles. The van der Waals surface area contributed by atoms with Crippen LogP contribution in [0.4, 0.5) is 0 Å². The van der Waals surface area contributed by atoms with Crippen LogP contribution in [0.1, 0.15) is 23.7 Å². The molecule has 96 valence electrons. The van der Waals surface area contributed by atoms with Crippen LogP contribution in [0, 0.1) is 19.3 Å². The van der Waals surface area contributed by atoms with Gasteiger partial charge in [-0.3, -0.25) is 4.98 Å². The van der Waals surface area contributed by atoms with E-state index in [2.05, 4.69) is 4.98 Å². The third-order valence-corrected chi connectivity index (χ3v) is 3.11. The molecule has 1 heterocycles. The fraction of sp³-hybridized carbons (Fsp3) is 0.615. The Bertz CT molecular complexity index is 386. The number of methoxy groups -OCH3 is 1. The number of ether oxygens (including phenoxy) is 1. The van der Waals surface area contributed by atoms with E-state index in [0.717, 1.165) is 22.6 Å². The van der Waals surface area contributed by atoms with Crippen molar-refractivity contribution in [2.45, 2.75) is 27.2 Å². The molecule has 0 aliphatic heterocycles. The lowest BCUT2D eigenvalue weighted by Crippen LogP contribution is -2.29. The van der Waals surface area contributed by atoms with E-state index >= 15 is 0 Å². The Balaban J connectivity index is 3.08. The van der Waals surface area contributed by atoms with Crippen molar-refractivity contribution >= 4 is 0 Å². The summed E-state index contributed by atoms with van der Waals surface area (Å²) >= 11 is 0. The first-order valence-electron chi connectivity index (χ1n) is 5.68. The summed E-state index contributed by atoms with van der Waals surface area (Å²) < 4.78 is 5.33. The minimum absolute atomic E-state index is 0.0686. The molecule has 1 rings (SSSR count). The highest BCUT2D eigenvalue weighted by Gasteiger charge is 2.25. The van der Waals surface area contributed by atoms with Crippen LogP contribution in [0.3, 0.4) is 0 Å². The summed E-state index contributed by atoms with van der Waals surface area (Å²) in [5.41, 5.74) is 2.28. The van der Waals surface area contributed by atoms with Crippen molar-refractivity contribution in [2.24, 2.45) is 5.41 Å². The predicted octanol–water partition coefficient (Wildman–Crippen LogP) is 1.24. The second kappa shape index (κ2) is 5.47. The first-order valence-corrected chi connectivity index (χ1v) is 5.68. The van der Waals surface area contributed by atoms with Gasteiger partial charge in [0.2, 0.25) is 0 Å². The highest BCUT2D eigenvalue weighted by molar-refractivity contribution is 5.41. The molecule has 17 heavy (non-hydrogen) atoms. The number of hydrogen-bond acceptors (Lipinski definition) is 4. The van der Waals surface area contributed by atoms with Crippen LogP contribution >= 0.6 is 0 Å². The molecule has 0 atom stereocenters. The number of aryl methyl sites for hydroxylation is 1. The summed E-state index contributed by atoms with van der Waals surface area (Å²) in [4.78, 5) is 4.37. The van der Waals surface area contributed by atoms with Crippen molar-refractivity contribution in [1.29, 1.82) is 0 Å². The van der Waals surface area contributed by atoms with Gasteiger partial charge in [0.1, 0.15) is 5.75 Å². The van der Waals surface area contributed by atoms with E-state index in [1.165, 1.54) is 0 Å². The van der Waals surface area contributed by atoms with Gasteiger partial charge in [0.15, 0.2) is 0 Å². The van der Waals surface area contributed by atoms with Gasteiger partial charge in [0, 0.05) is 28.4 Å². The minimum Gasteiger partial charge on any atom is -0.496 e. The Morgan fingerprint density at radius 2 is 1.88 bits per heavy atom. The van der Waals surface area contributed by atoms with E-state index in [0.29, 0.717) is 6.42 Å². The third kappa shape index (κ3) is 2.96. The van der Waals surface area contributed by atoms with Gasteiger partial charge in [-0.05, 0) is 20.3 Å². The summed E-state index contributed by atoms with van der Waals surface area (Å²) in [6.45, 7) is 5.59. The summed E-state index contributed by atoms with van der Waals surface area (Å²) in [5.74, 6) is 0.827. The summed E-state index contributed by atoms with van der Waals surface area (Å²) in [5, 5.41) is 18.6. The Labute approximate surface area is 102 Å². The van der Waals surface area contributed by atoms with Crippen LogP contribution in [-0.4, -0.2) is 35.5 Å². The van der Waals surface area contributed by atoms with E-state index in [1.807, 2.05) is 20.8 Å². The first kappa shape index (κ1) is 13.9. The second-order valence-electron chi connectivity index (χ2n) is 4.85. The quantitative estimate of drug-likeness (QED) is 0.811. The van der Waals surface area contributed by atoms with Crippen LogP contribution in [0.15, 0.2) is 6.20 Å². The van der Waals surface area contributed by atoms with Crippen LogP contribution in [-0.2, 0) is 6.42 Å². The van der Waals surface area contributed by atoms with E-state index in [4.69, 9.17) is 4.74 Å². The normalized spacial score (nSPS) is 11.6. The van der Waals surface area contributed by atoms with Gasteiger partial charge in [-0.15, -0.1) is 0 Å². The average molecular weight is 239 g/mol. The molecule has 0 saturated carbocycles. The van der Waals surface area contributed by atoms with Gasteiger partial charge in [0.05, 0.1) is 20.3 Å². The molecule has 4 nitrogen and oxygen atoms in total. The van der Waals surface area contributed by atoms with Gasteiger partial charge < -0.3 is 14.9 Å². The summed E-state index contributed by atoms with van der Waals surface area (Å²) in [6.07, 6.45) is 2.29. The molecule has 0 bridgehead atoms. The van der Waals surface area contributed by atoms with E-state index in [1.54, 1.807) is 13.3 Å². The topological polar surface area (TPSA) is 62.6 Å². The maximum atomic E-state index is 9.30. The van der Waals surface area contributed by atoms with E-state index < -0.39 is 5.41 Å². The zero-order valence-electron chi connectivity index (χ0n) is 10.9. The maximum Gasteiger partial charge on any atom is 0.128 e. The molecule has 4 heteroatoms. The molecular weight excluding hydrogens is 218 g/mol. The van der Waals surface area contributed by atoms with Gasteiger partial charge in [-0.1, -0.05) is 6.92 Å². The van der Waals surface area contributed by atoms with E-state index in [-0.39, 0.29) is 13.2 Å². The lowest BCUT2D eigenvalue weighted by atomic mass is 9.86. The van der Waals surface area contributed by atoms with Crippen LogP contribution < -0.4 is 4.74 Å². The fourth-order valence-corrected chi connectivity index (χ4v) is 1.82. The number of aliphatic hydroxyl groups excluding tert-OH is 2. The molecule has 0 fully saturated rings. The van der Waals surface area contributed by atoms with Gasteiger partial charge >= 0.3 is 0 Å². The molecule has 0 radical (unpaired) electrons. The van der Waals surface area contributed by atoms with Crippen molar-refractivity contribution in [3.63, 3.8) is 0 Å².